The summed E-state index contributed by atoms with van der Waals surface area (Å²) in [6, 6.07) is 1.92. The van der Waals surface area contributed by atoms with Gasteiger partial charge in [-0.1, -0.05) is 0 Å². The average Bonchev–Trinajstić information content (AvgIpc) is 2.73. The normalized spacial score (nSPS) is 12.6. The van der Waals surface area contributed by atoms with Gasteiger partial charge in [-0.2, -0.15) is 10.2 Å². The highest BCUT2D eigenvalue weighted by Crippen LogP contribution is 2.17. The summed E-state index contributed by atoms with van der Waals surface area (Å²) in [7, 11) is 0. The zero-order valence-corrected chi connectivity index (χ0v) is 9.74. The minimum absolute atomic E-state index is 0.0250. The largest absolute Gasteiger partial charge is 0.271 e. The molecule has 0 radical (unpaired) electrons. The molecule has 2 rings (SSSR count). The quantitative estimate of drug-likeness (QED) is 0.610. The minimum atomic E-state index is 0.0250. The summed E-state index contributed by atoms with van der Waals surface area (Å²) < 4.78 is 0. The Morgan fingerprint density at radius 1 is 1.50 bits per heavy atom. The first kappa shape index (κ1) is 11.1. The number of thiazole rings is 1. The fourth-order valence-corrected chi connectivity index (χ4v) is 2.12. The second-order valence-electron chi connectivity index (χ2n) is 3.46. The van der Waals surface area contributed by atoms with Crippen molar-refractivity contribution in [1.82, 2.24) is 20.6 Å². The van der Waals surface area contributed by atoms with Crippen molar-refractivity contribution in [2.24, 2.45) is 5.84 Å². The summed E-state index contributed by atoms with van der Waals surface area (Å²) >= 11 is 1.64. The zero-order valence-electron chi connectivity index (χ0n) is 8.92. The average molecular weight is 235 g/mol. The molecule has 0 fully saturated rings. The number of aryl methyl sites for hydroxylation is 1. The first-order valence-electron chi connectivity index (χ1n) is 4.93. The van der Waals surface area contributed by atoms with Gasteiger partial charge in [-0.25, -0.2) is 4.98 Å². The van der Waals surface area contributed by atoms with E-state index in [0.717, 1.165) is 22.7 Å². The molecular formula is C10H13N5S. The number of hydrogen-bond donors (Lipinski definition) is 2. The Labute approximate surface area is 97.7 Å². The molecule has 0 aliphatic heterocycles. The highest BCUT2D eigenvalue weighted by molar-refractivity contribution is 7.09. The van der Waals surface area contributed by atoms with Crippen LogP contribution in [0.3, 0.4) is 0 Å². The van der Waals surface area contributed by atoms with E-state index in [1.54, 1.807) is 23.7 Å². The van der Waals surface area contributed by atoms with Crippen LogP contribution in [0.25, 0.3) is 0 Å². The monoisotopic (exact) mass is 235 g/mol. The third-order valence-electron chi connectivity index (χ3n) is 2.29. The molecule has 0 aromatic carbocycles. The zero-order chi connectivity index (χ0) is 11.4. The first-order chi connectivity index (χ1) is 7.79. The predicted molar refractivity (Wildman–Crippen MR) is 62.7 cm³/mol. The maximum atomic E-state index is 5.54. The van der Waals surface area contributed by atoms with Crippen LogP contribution in [0.4, 0.5) is 0 Å². The van der Waals surface area contributed by atoms with E-state index in [9.17, 15) is 0 Å². The molecule has 16 heavy (non-hydrogen) atoms. The van der Waals surface area contributed by atoms with Crippen molar-refractivity contribution in [2.45, 2.75) is 19.4 Å². The van der Waals surface area contributed by atoms with Gasteiger partial charge in [0, 0.05) is 18.0 Å². The number of aromatic nitrogens is 3. The number of nitrogens with two attached hydrogens (primary N) is 1. The molecule has 0 saturated heterocycles. The molecule has 2 heterocycles. The molecule has 0 saturated carbocycles. The van der Waals surface area contributed by atoms with E-state index in [2.05, 4.69) is 20.6 Å². The molecule has 0 aliphatic rings. The van der Waals surface area contributed by atoms with E-state index in [4.69, 9.17) is 5.84 Å². The fourth-order valence-electron chi connectivity index (χ4n) is 1.49. The van der Waals surface area contributed by atoms with Crippen LogP contribution in [-0.4, -0.2) is 15.2 Å². The van der Waals surface area contributed by atoms with Gasteiger partial charge in [0.15, 0.2) is 0 Å². The van der Waals surface area contributed by atoms with Gasteiger partial charge in [0.25, 0.3) is 0 Å². The van der Waals surface area contributed by atoms with Crippen molar-refractivity contribution in [3.63, 3.8) is 0 Å². The number of rotatable bonds is 4. The lowest BCUT2D eigenvalue weighted by Crippen LogP contribution is -2.29. The van der Waals surface area contributed by atoms with Gasteiger partial charge in [0.2, 0.25) is 0 Å². The number of nitrogens with one attached hydrogen (secondary N) is 1. The highest BCUT2D eigenvalue weighted by atomic mass is 32.1. The number of hydrogen-bond acceptors (Lipinski definition) is 6. The maximum absolute atomic E-state index is 5.54. The molecule has 1 atom stereocenters. The van der Waals surface area contributed by atoms with Crippen molar-refractivity contribution < 1.29 is 0 Å². The molecule has 84 valence electrons. The first-order valence-corrected chi connectivity index (χ1v) is 5.81. The third-order valence-corrected chi connectivity index (χ3v) is 3.11. The van der Waals surface area contributed by atoms with Crippen LogP contribution < -0.4 is 11.3 Å². The number of hydrazine groups is 1. The molecule has 0 spiro atoms. The fraction of sp³-hybridized carbons (Fsp3) is 0.300. The van der Waals surface area contributed by atoms with E-state index in [-0.39, 0.29) is 6.04 Å². The van der Waals surface area contributed by atoms with Crippen molar-refractivity contribution in [3.8, 4) is 0 Å². The molecule has 2 aromatic heterocycles. The van der Waals surface area contributed by atoms with E-state index >= 15 is 0 Å². The number of nitrogens with zero attached hydrogens (tertiary/aromatic N) is 3. The second kappa shape index (κ2) is 5.11. The van der Waals surface area contributed by atoms with Gasteiger partial charge >= 0.3 is 0 Å². The Hall–Kier alpha value is -1.37. The summed E-state index contributed by atoms with van der Waals surface area (Å²) in [5, 5.41) is 10.7. The molecule has 0 bridgehead atoms. The topological polar surface area (TPSA) is 76.7 Å². The summed E-state index contributed by atoms with van der Waals surface area (Å²) in [6.45, 7) is 1.99. The Kier molecular flexibility index (Phi) is 3.55. The van der Waals surface area contributed by atoms with Crippen LogP contribution in [0.15, 0.2) is 23.8 Å². The lowest BCUT2D eigenvalue weighted by molar-refractivity contribution is 0.543. The molecule has 2 aromatic rings. The van der Waals surface area contributed by atoms with Gasteiger partial charge in [0.1, 0.15) is 0 Å². The summed E-state index contributed by atoms with van der Waals surface area (Å²) in [5.74, 6) is 5.54. The summed E-state index contributed by atoms with van der Waals surface area (Å²) in [5.41, 5.74) is 4.83. The van der Waals surface area contributed by atoms with E-state index in [1.165, 1.54) is 0 Å². The van der Waals surface area contributed by atoms with E-state index in [0.29, 0.717) is 0 Å². The van der Waals surface area contributed by atoms with Crippen LogP contribution in [0, 0.1) is 6.92 Å². The molecule has 6 heteroatoms. The summed E-state index contributed by atoms with van der Waals surface area (Å²) in [6.07, 6.45) is 4.13. The van der Waals surface area contributed by atoms with Crippen molar-refractivity contribution >= 4 is 11.3 Å². The molecule has 3 N–H and O–H groups in total. The SMILES string of the molecule is Cc1nc(CC(NN)c2ccnnc2)cs1. The van der Waals surface area contributed by atoms with E-state index in [1.807, 2.05) is 18.4 Å². The van der Waals surface area contributed by atoms with Crippen LogP contribution >= 0.6 is 11.3 Å². The van der Waals surface area contributed by atoms with Crippen LogP contribution in [0.2, 0.25) is 0 Å². The van der Waals surface area contributed by atoms with E-state index < -0.39 is 0 Å². The van der Waals surface area contributed by atoms with Crippen molar-refractivity contribution in [3.05, 3.63) is 40.1 Å². The Bertz CT molecular complexity index is 441. The smallest absolute Gasteiger partial charge is 0.0897 e. The van der Waals surface area contributed by atoms with Gasteiger partial charge in [0.05, 0.1) is 22.9 Å². The standard InChI is InChI=1S/C10H13N5S/c1-7-14-9(6-16-7)4-10(15-11)8-2-3-12-13-5-8/h2-3,5-6,10,15H,4,11H2,1H3. The molecule has 1 unspecified atom stereocenters. The lowest BCUT2D eigenvalue weighted by Gasteiger charge is -2.13. The highest BCUT2D eigenvalue weighted by Gasteiger charge is 2.12. The van der Waals surface area contributed by atoms with Crippen LogP contribution in [-0.2, 0) is 6.42 Å². The van der Waals surface area contributed by atoms with Gasteiger partial charge in [-0.3, -0.25) is 11.3 Å². The van der Waals surface area contributed by atoms with Gasteiger partial charge < -0.3 is 0 Å². The van der Waals surface area contributed by atoms with Crippen molar-refractivity contribution in [2.75, 3.05) is 0 Å². The lowest BCUT2D eigenvalue weighted by atomic mass is 10.1. The Balaban J connectivity index is 2.12. The summed E-state index contributed by atoms with van der Waals surface area (Å²) in [4.78, 5) is 4.41. The molecule has 0 aliphatic carbocycles. The van der Waals surface area contributed by atoms with Gasteiger partial charge in [-0.15, -0.1) is 11.3 Å². The Morgan fingerprint density at radius 2 is 2.38 bits per heavy atom. The van der Waals surface area contributed by atoms with Gasteiger partial charge in [-0.05, 0) is 18.6 Å². The predicted octanol–water partition coefficient (Wildman–Crippen LogP) is 0.989. The Morgan fingerprint density at radius 3 is 2.94 bits per heavy atom. The molecular weight excluding hydrogens is 222 g/mol. The second-order valence-corrected chi connectivity index (χ2v) is 4.52. The van der Waals surface area contributed by atoms with Crippen molar-refractivity contribution in [1.29, 1.82) is 0 Å². The van der Waals surface area contributed by atoms with Crippen LogP contribution in [0.1, 0.15) is 22.3 Å². The molecule has 0 amide bonds. The maximum Gasteiger partial charge on any atom is 0.0897 e. The van der Waals surface area contributed by atoms with Crippen LogP contribution in [0.5, 0.6) is 0 Å². The third kappa shape index (κ3) is 2.60. The minimum Gasteiger partial charge on any atom is -0.271 e. The molecule has 5 nitrogen and oxygen atoms in total.